The van der Waals surface area contributed by atoms with Crippen molar-refractivity contribution in [2.45, 2.75) is 69.4 Å². The quantitative estimate of drug-likeness (QED) is 0.873. The number of piperidine rings is 1. The molecule has 1 saturated heterocycles. The Labute approximate surface area is 108 Å². The summed E-state index contributed by atoms with van der Waals surface area (Å²) in [5, 5.41) is 7.88. The van der Waals surface area contributed by atoms with Crippen molar-refractivity contribution in [1.29, 1.82) is 0 Å². The van der Waals surface area contributed by atoms with Gasteiger partial charge in [-0.25, -0.2) is 0 Å². The summed E-state index contributed by atoms with van der Waals surface area (Å²) in [5.74, 6) is 3.26. The van der Waals surface area contributed by atoms with Crippen LogP contribution in [0.3, 0.4) is 0 Å². The molecule has 4 heteroatoms. The normalized spacial score (nSPS) is 36.3. The highest BCUT2D eigenvalue weighted by molar-refractivity contribution is 5.06. The molecule has 4 rings (SSSR count). The molecule has 1 aromatic heterocycles. The lowest BCUT2D eigenvalue weighted by Crippen LogP contribution is -2.44. The summed E-state index contributed by atoms with van der Waals surface area (Å²) in [6, 6.07) is 0.998. The molecule has 0 aromatic carbocycles. The van der Waals surface area contributed by atoms with E-state index in [2.05, 4.69) is 15.5 Å². The van der Waals surface area contributed by atoms with Gasteiger partial charge in [0.05, 0.1) is 6.04 Å². The average molecular weight is 247 g/mol. The van der Waals surface area contributed by atoms with Crippen LogP contribution >= 0.6 is 0 Å². The van der Waals surface area contributed by atoms with Gasteiger partial charge in [-0.1, -0.05) is 18.0 Å². The van der Waals surface area contributed by atoms with Crippen LogP contribution in [0.25, 0.3) is 0 Å². The lowest BCUT2D eigenvalue weighted by atomic mass is 9.78. The first-order valence-electron chi connectivity index (χ1n) is 7.50. The molecule has 0 bridgehead atoms. The predicted octanol–water partition coefficient (Wildman–Crippen LogP) is 2.93. The van der Waals surface area contributed by atoms with E-state index < -0.39 is 0 Å². The maximum Gasteiger partial charge on any atom is 0.243 e. The second-order valence-electron chi connectivity index (χ2n) is 6.21. The van der Waals surface area contributed by atoms with Crippen LogP contribution in [0, 0.1) is 5.92 Å². The lowest BCUT2D eigenvalue weighted by molar-refractivity contribution is 0.158. The van der Waals surface area contributed by atoms with Crippen molar-refractivity contribution in [1.82, 2.24) is 15.5 Å². The van der Waals surface area contributed by atoms with E-state index in [0.717, 1.165) is 24.1 Å². The highest BCUT2D eigenvalue weighted by Crippen LogP contribution is 2.40. The van der Waals surface area contributed by atoms with Gasteiger partial charge in [-0.2, -0.15) is 4.98 Å². The number of nitrogens with zero attached hydrogens (tertiary/aromatic N) is 2. The van der Waals surface area contributed by atoms with Crippen molar-refractivity contribution >= 4 is 0 Å². The van der Waals surface area contributed by atoms with Crippen LogP contribution < -0.4 is 5.32 Å². The fraction of sp³-hybridized carbons (Fsp3) is 0.857. The Morgan fingerprint density at radius 1 is 1.00 bits per heavy atom. The Hall–Kier alpha value is -0.900. The molecular formula is C14H21N3O. The highest BCUT2D eigenvalue weighted by Gasteiger charge is 2.35. The second-order valence-corrected chi connectivity index (χ2v) is 6.21. The van der Waals surface area contributed by atoms with Gasteiger partial charge in [0.2, 0.25) is 5.89 Å². The average Bonchev–Trinajstić information content (AvgIpc) is 3.16. The van der Waals surface area contributed by atoms with Crippen LogP contribution in [0.4, 0.5) is 0 Å². The van der Waals surface area contributed by atoms with Gasteiger partial charge >= 0.3 is 0 Å². The van der Waals surface area contributed by atoms with Gasteiger partial charge in [-0.15, -0.1) is 0 Å². The smallest absolute Gasteiger partial charge is 0.243 e. The Balaban J connectivity index is 1.47. The second kappa shape index (κ2) is 4.34. The van der Waals surface area contributed by atoms with Crippen molar-refractivity contribution < 1.29 is 4.52 Å². The zero-order valence-electron chi connectivity index (χ0n) is 10.8. The van der Waals surface area contributed by atoms with E-state index in [9.17, 15) is 0 Å². The Morgan fingerprint density at radius 2 is 1.89 bits per heavy atom. The number of fused-ring (bicyclic) bond motifs is 1. The molecule has 2 saturated carbocycles. The van der Waals surface area contributed by atoms with Crippen LogP contribution in [0.15, 0.2) is 4.52 Å². The van der Waals surface area contributed by atoms with Crippen LogP contribution in [0.5, 0.6) is 0 Å². The van der Waals surface area contributed by atoms with Crippen LogP contribution in [-0.4, -0.2) is 16.2 Å². The molecule has 3 atom stereocenters. The number of nitrogens with one attached hydrogen (secondary N) is 1. The molecule has 0 spiro atoms. The Bertz CT molecular complexity index is 426. The lowest BCUT2D eigenvalue weighted by Gasteiger charge is -2.39. The van der Waals surface area contributed by atoms with Crippen molar-refractivity contribution in [2.75, 3.05) is 0 Å². The van der Waals surface area contributed by atoms with Gasteiger partial charge < -0.3 is 9.84 Å². The third-order valence-corrected chi connectivity index (χ3v) is 4.85. The summed E-state index contributed by atoms with van der Waals surface area (Å²) in [5.41, 5.74) is 0. The van der Waals surface area contributed by atoms with Crippen LogP contribution in [-0.2, 0) is 0 Å². The van der Waals surface area contributed by atoms with Crippen molar-refractivity contribution in [3.63, 3.8) is 0 Å². The SMILES string of the molecule is C1CCC2NC(c3nc(C4CC4)no3)CCC2C1. The minimum Gasteiger partial charge on any atom is -0.338 e. The number of aromatic nitrogens is 2. The van der Waals surface area contributed by atoms with Gasteiger partial charge in [0.1, 0.15) is 0 Å². The summed E-state index contributed by atoms with van der Waals surface area (Å²) >= 11 is 0. The minimum absolute atomic E-state index is 0.310. The summed E-state index contributed by atoms with van der Waals surface area (Å²) < 4.78 is 5.46. The number of hydrogen-bond donors (Lipinski definition) is 1. The van der Waals surface area contributed by atoms with Gasteiger partial charge in [0, 0.05) is 12.0 Å². The first-order valence-corrected chi connectivity index (χ1v) is 7.50. The molecule has 2 aliphatic carbocycles. The Morgan fingerprint density at radius 3 is 2.78 bits per heavy atom. The molecule has 0 radical (unpaired) electrons. The molecule has 3 unspecified atom stereocenters. The summed E-state index contributed by atoms with van der Waals surface area (Å²) in [6.45, 7) is 0. The molecule has 4 nitrogen and oxygen atoms in total. The third kappa shape index (κ3) is 1.96. The minimum atomic E-state index is 0.310. The molecular weight excluding hydrogens is 226 g/mol. The standard InChI is InChI=1S/C14H21N3O/c1-2-4-11-9(3-1)7-8-12(15-11)14-16-13(17-18-14)10-5-6-10/h9-12,15H,1-8H2. The van der Waals surface area contributed by atoms with E-state index in [1.54, 1.807) is 0 Å². The fourth-order valence-corrected chi connectivity index (χ4v) is 3.59. The fourth-order valence-electron chi connectivity index (χ4n) is 3.59. The van der Waals surface area contributed by atoms with Crippen LogP contribution in [0.1, 0.15) is 75.0 Å². The topological polar surface area (TPSA) is 51.0 Å². The zero-order valence-corrected chi connectivity index (χ0v) is 10.8. The molecule has 98 valence electrons. The molecule has 18 heavy (non-hydrogen) atoms. The summed E-state index contributed by atoms with van der Waals surface area (Å²) in [6.07, 6.45) is 10.5. The van der Waals surface area contributed by atoms with Crippen molar-refractivity contribution in [3.05, 3.63) is 11.7 Å². The monoisotopic (exact) mass is 247 g/mol. The molecule has 3 aliphatic rings. The van der Waals surface area contributed by atoms with Gasteiger partial charge in [-0.3, -0.25) is 0 Å². The molecule has 1 aromatic rings. The third-order valence-electron chi connectivity index (χ3n) is 4.85. The molecule has 1 N–H and O–H groups in total. The van der Waals surface area contributed by atoms with E-state index in [1.165, 1.54) is 44.9 Å². The van der Waals surface area contributed by atoms with E-state index >= 15 is 0 Å². The molecule has 0 amide bonds. The van der Waals surface area contributed by atoms with Crippen molar-refractivity contribution in [2.24, 2.45) is 5.92 Å². The largest absolute Gasteiger partial charge is 0.338 e. The predicted molar refractivity (Wildman–Crippen MR) is 67.1 cm³/mol. The molecule has 1 aliphatic heterocycles. The Kier molecular flexibility index (Phi) is 2.64. The maximum absolute atomic E-state index is 5.46. The number of rotatable bonds is 2. The number of hydrogen-bond acceptors (Lipinski definition) is 4. The maximum atomic E-state index is 5.46. The van der Waals surface area contributed by atoms with Gasteiger partial charge in [-0.05, 0) is 44.4 Å². The van der Waals surface area contributed by atoms with E-state index in [4.69, 9.17) is 4.52 Å². The van der Waals surface area contributed by atoms with Crippen molar-refractivity contribution in [3.8, 4) is 0 Å². The van der Waals surface area contributed by atoms with Gasteiger partial charge in [0.15, 0.2) is 5.82 Å². The highest BCUT2D eigenvalue weighted by atomic mass is 16.5. The van der Waals surface area contributed by atoms with E-state index in [0.29, 0.717) is 18.0 Å². The first-order chi connectivity index (χ1) is 8.90. The first kappa shape index (κ1) is 11.0. The molecule has 2 heterocycles. The summed E-state index contributed by atoms with van der Waals surface area (Å²) in [7, 11) is 0. The van der Waals surface area contributed by atoms with Gasteiger partial charge in [0.25, 0.3) is 0 Å². The van der Waals surface area contributed by atoms with Crippen LogP contribution in [0.2, 0.25) is 0 Å². The van der Waals surface area contributed by atoms with E-state index in [1.807, 2.05) is 0 Å². The van der Waals surface area contributed by atoms with E-state index in [-0.39, 0.29) is 0 Å². The zero-order chi connectivity index (χ0) is 11.9. The molecule has 3 fully saturated rings. The summed E-state index contributed by atoms with van der Waals surface area (Å²) in [4.78, 5) is 4.59.